The quantitative estimate of drug-likeness (QED) is 0.205. The molecule has 2 aromatic carbocycles. The van der Waals surface area contributed by atoms with Crippen LogP contribution in [0, 0.1) is 0 Å². The van der Waals surface area contributed by atoms with Crippen molar-refractivity contribution in [2.75, 3.05) is 6.61 Å². The van der Waals surface area contributed by atoms with E-state index in [1.165, 1.54) is 11.8 Å². The Balaban J connectivity index is 1.66. The lowest BCUT2D eigenvalue weighted by atomic mass is 10.2. The average Bonchev–Trinajstić information content (AvgIpc) is 3.45. The van der Waals surface area contributed by atoms with E-state index in [9.17, 15) is 4.79 Å². The molecule has 0 N–H and O–H groups in total. The number of carbonyl (C=O) groups excluding carboxylic acids is 1. The molecule has 0 saturated carbocycles. The van der Waals surface area contributed by atoms with Crippen LogP contribution in [0.15, 0.2) is 77.4 Å². The summed E-state index contributed by atoms with van der Waals surface area (Å²) in [5, 5.41) is 19.2. The number of rotatable bonds is 7. The van der Waals surface area contributed by atoms with Crippen molar-refractivity contribution in [3.63, 3.8) is 0 Å². The van der Waals surface area contributed by atoms with Crippen LogP contribution in [-0.2, 0) is 11.3 Å². The molecule has 5 rings (SSSR count). The summed E-state index contributed by atoms with van der Waals surface area (Å²) in [4.78, 5) is 17.1. The summed E-state index contributed by atoms with van der Waals surface area (Å²) < 4.78 is 8.66. The highest BCUT2D eigenvalue weighted by Gasteiger charge is 2.22. The number of fused-ring (bicyclic) bond motifs is 3. The number of nitrogens with zero attached hydrogens (tertiary/aromatic N) is 7. The highest BCUT2D eigenvalue weighted by molar-refractivity contribution is 7.99. The lowest BCUT2D eigenvalue weighted by Crippen LogP contribution is -2.07. The lowest BCUT2D eigenvalue weighted by molar-refractivity contribution is 0.0521. The van der Waals surface area contributed by atoms with E-state index >= 15 is 0 Å². The highest BCUT2D eigenvalue weighted by atomic mass is 32.2. The van der Waals surface area contributed by atoms with Gasteiger partial charge in [-0.1, -0.05) is 59.8 Å². The zero-order valence-corrected chi connectivity index (χ0v) is 18.6. The van der Waals surface area contributed by atoms with E-state index in [1.54, 1.807) is 17.5 Å². The molecule has 33 heavy (non-hydrogen) atoms. The fourth-order valence-electron chi connectivity index (χ4n) is 3.49. The molecule has 0 unspecified atom stereocenters. The Kier molecular flexibility index (Phi) is 5.57. The molecule has 0 amide bonds. The number of carbonyl (C=O) groups is 1. The number of benzene rings is 2. The minimum absolute atomic E-state index is 0.0713. The van der Waals surface area contributed by atoms with Crippen molar-refractivity contribution < 1.29 is 9.53 Å². The van der Waals surface area contributed by atoms with Crippen LogP contribution in [0.1, 0.15) is 17.4 Å². The minimum atomic E-state index is -0.563. The Morgan fingerprint density at radius 2 is 1.88 bits per heavy atom. The smallest absolute Gasteiger partial charge is 0.362 e. The van der Waals surface area contributed by atoms with Crippen molar-refractivity contribution in [3.8, 4) is 11.4 Å². The molecule has 3 aromatic heterocycles. The van der Waals surface area contributed by atoms with Gasteiger partial charge in [-0.3, -0.25) is 4.57 Å². The van der Waals surface area contributed by atoms with Crippen LogP contribution in [0.3, 0.4) is 0 Å². The predicted octanol–water partition coefficient (Wildman–Crippen LogP) is 4.05. The first-order valence-electron chi connectivity index (χ1n) is 10.3. The normalized spacial score (nSPS) is 11.2. The van der Waals surface area contributed by atoms with Gasteiger partial charge in [-0.05, 0) is 24.8 Å². The van der Waals surface area contributed by atoms with Crippen LogP contribution >= 0.6 is 11.8 Å². The molecule has 0 fully saturated rings. The molecule has 0 aliphatic carbocycles. The van der Waals surface area contributed by atoms with E-state index in [-0.39, 0.29) is 12.3 Å². The second-order valence-corrected chi connectivity index (χ2v) is 7.96. The molecule has 3 heterocycles. The Morgan fingerprint density at radius 1 is 1.09 bits per heavy atom. The Hall–Kier alpha value is -4.05. The number of para-hydroxylation sites is 1. The Bertz CT molecular complexity index is 1480. The molecule has 9 nitrogen and oxygen atoms in total. The average molecular weight is 458 g/mol. The summed E-state index contributed by atoms with van der Waals surface area (Å²) >= 11 is 1.36. The summed E-state index contributed by atoms with van der Waals surface area (Å²) in [5.41, 5.74) is 2.12. The zero-order chi connectivity index (χ0) is 22.8. The fraction of sp³-hybridized carbons (Fsp3) is 0.130. The van der Waals surface area contributed by atoms with E-state index in [4.69, 9.17) is 9.72 Å². The van der Waals surface area contributed by atoms with Gasteiger partial charge in [-0.15, -0.1) is 21.9 Å². The maximum Gasteiger partial charge on any atom is 0.362 e. The van der Waals surface area contributed by atoms with Gasteiger partial charge in [0.2, 0.25) is 5.69 Å². The molecule has 0 atom stereocenters. The van der Waals surface area contributed by atoms with Crippen LogP contribution in [0.5, 0.6) is 0 Å². The van der Waals surface area contributed by atoms with Crippen molar-refractivity contribution in [1.82, 2.24) is 34.6 Å². The van der Waals surface area contributed by atoms with Crippen LogP contribution in [0.2, 0.25) is 0 Å². The van der Waals surface area contributed by atoms with Gasteiger partial charge in [0.15, 0.2) is 16.6 Å². The van der Waals surface area contributed by atoms with E-state index in [0.717, 1.165) is 22.3 Å². The van der Waals surface area contributed by atoms with E-state index in [1.807, 2.05) is 59.2 Å². The summed E-state index contributed by atoms with van der Waals surface area (Å²) in [6.45, 7) is 6.38. The maximum absolute atomic E-state index is 12.4. The van der Waals surface area contributed by atoms with Gasteiger partial charge in [0, 0.05) is 17.5 Å². The van der Waals surface area contributed by atoms with E-state index in [0.29, 0.717) is 22.4 Å². The molecule has 0 aliphatic rings. The van der Waals surface area contributed by atoms with Crippen molar-refractivity contribution in [2.24, 2.45) is 0 Å². The number of allylic oxidation sites excluding steroid dienone is 1. The number of aromatic nitrogens is 7. The van der Waals surface area contributed by atoms with E-state index in [2.05, 4.69) is 27.1 Å². The van der Waals surface area contributed by atoms with Crippen LogP contribution in [-0.4, -0.2) is 47.2 Å². The van der Waals surface area contributed by atoms with Gasteiger partial charge in [-0.25, -0.2) is 9.78 Å². The Labute approximate surface area is 193 Å². The molecule has 5 aromatic rings. The van der Waals surface area contributed by atoms with Gasteiger partial charge in [-0.2, -0.15) is 4.52 Å². The van der Waals surface area contributed by atoms with Gasteiger partial charge in [0.25, 0.3) is 0 Å². The second kappa shape index (κ2) is 8.83. The number of hydrogen-bond acceptors (Lipinski definition) is 8. The molecule has 10 heteroatoms. The monoisotopic (exact) mass is 457 g/mol. The van der Waals surface area contributed by atoms with Gasteiger partial charge >= 0.3 is 5.97 Å². The first kappa shape index (κ1) is 20.8. The number of ether oxygens (including phenoxy) is 1. The summed E-state index contributed by atoms with van der Waals surface area (Å²) in [7, 11) is 0. The molecule has 0 bridgehead atoms. The van der Waals surface area contributed by atoms with Crippen LogP contribution in [0.4, 0.5) is 0 Å². The largest absolute Gasteiger partial charge is 0.461 e. The SMILES string of the molecule is C=CCn1c(Sc2nc3c(C(=O)OCC)nnn3c3ccccc23)nnc1-c1ccccc1. The summed E-state index contributed by atoms with van der Waals surface area (Å²) in [5.74, 6) is 0.175. The number of hydrogen-bond donors (Lipinski definition) is 0. The highest BCUT2D eigenvalue weighted by Crippen LogP contribution is 2.34. The molecule has 0 spiro atoms. The summed E-state index contributed by atoms with van der Waals surface area (Å²) in [6.07, 6.45) is 1.80. The maximum atomic E-state index is 12.4. The molecule has 0 aliphatic heterocycles. The first-order valence-corrected chi connectivity index (χ1v) is 11.1. The van der Waals surface area contributed by atoms with Crippen molar-refractivity contribution in [1.29, 1.82) is 0 Å². The van der Waals surface area contributed by atoms with Crippen molar-refractivity contribution in [2.45, 2.75) is 23.7 Å². The number of esters is 1. The zero-order valence-electron chi connectivity index (χ0n) is 17.8. The lowest BCUT2D eigenvalue weighted by Gasteiger charge is -2.09. The van der Waals surface area contributed by atoms with Crippen LogP contribution < -0.4 is 0 Å². The minimum Gasteiger partial charge on any atom is -0.461 e. The van der Waals surface area contributed by atoms with Gasteiger partial charge < -0.3 is 4.74 Å². The second-order valence-electron chi connectivity index (χ2n) is 7.00. The molecule has 0 saturated heterocycles. The molecular weight excluding hydrogens is 438 g/mol. The molecule has 0 radical (unpaired) electrons. The van der Waals surface area contributed by atoms with E-state index < -0.39 is 5.97 Å². The Morgan fingerprint density at radius 3 is 2.67 bits per heavy atom. The van der Waals surface area contributed by atoms with Gasteiger partial charge in [0.1, 0.15) is 5.03 Å². The summed E-state index contributed by atoms with van der Waals surface area (Å²) in [6, 6.07) is 17.5. The van der Waals surface area contributed by atoms with Crippen molar-refractivity contribution >= 4 is 34.3 Å². The predicted molar refractivity (Wildman–Crippen MR) is 124 cm³/mol. The van der Waals surface area contributed by atoms with Crippen molar-refractivity contribution in [3.05, 3.63) is 72.9 Å². The third-order valence-electron chi connectivity index (χ3n) is 4.93. The third kappa shape index (κ3) is 3.74. The first-order chi connectivity index (χ1) is 16.2. The topological polar surface area (TPSA) is 100 Å². The molecule has 164 valence electrons. The fourth-order valence-corrected chi connectivity index (χ4v) is 4.43. The standard InChI is InChI=1S/C23H19N7O2S/c1-3-14-29-19(15-10-6-5-7-11-15)26-27-23(29)33-21-16-12-8-9-13-17(16)30-20(24-21)18(25-28-30)22(31)32-4-2/h3,5-13H,1,4,14H2,2H3. The third-order valence-corrected chi connectivity index (χ3v) is 5.92. The van der Waals surface area contributed by atoms with Crippen LogP contribution in [0.25, 0.3) is 27.9 Å². The van der Waals surface area contributed by atoms with Gasteiger partial charge in [0.05, 0.1) is 12.1 Å². The molecular formula is C23H19N7O2S.